The van der Waals surface area contributed by atoms with Crippen molar-refractivity contribution in [1.29, 1.82) is 0 Å². The van der Waals surface area contributed by atoms with Gasteiger partial charge >= 0.3 is 0 Å². The number of hydrogen-bond acceptors (Lipinski definition) is 2. The zero-order chi connectivity index (χ0) is 19.3. The molecular formula is C16H12Cl4IN3OS. The molecule has 0 spiro atoms. The number of rotatable bonds is 4. The SMILES string of the molecule is O=C(NC(NC(=S)Nc1ccccc1Cl)C(Cl)(Cl)Cl)c1cccc(I)c1. The van der Waals surface area contributed by atoms with Crippen LogP contribution in [0.1, 0.15) is 10.4 Å². The molecule has 0 aliphatic carbocycles. The van der Waals surface area contributed by atoms with Crippen molar-refractivity contribution in [2.75, 3.05) is 5.32 Å². The Labute approximate surface area is 190 Å². The van der Waals surface area contributed by atoms with Gasteiger partial charge in [-0.3, -0.25) is 4.79 Å². The summed E-state index contributed by atoms with van der Waals surface area (Å²) in [7, 11) is 0. The first-order valence-electron chi connectivity index (χ1n) is 7.12. The third-order valence-electron chi connectivity index (χ3n) is 3.09. The Morgan fingerprint density at radius 3 is 2.38 bits per heavy atom. The van der Waals surface area contributed by atoms with E-state index in [1.807, 2.05) is 6.07 Å². The van der Waals surface area contributed by atoms with Gasteiger partial charge in [0, 0.05) is 9.13 Å². The molecule has 0 aliphatic rings. The molecular weight excluding hydrogens is 551 g/mol. The maximum absolute atomic E-state index is 12.4. The van der Waals surface area contributed by atoms with Gasteiger partial charge < -0.3 is 16.0 Å². The quantitative estimate of drug-likeness (QED) is 0.203. The number of carbonyl (C=O) groups is 1. The van der Waals surface area contributed by atoms with Crippen LogP contribution in [0.5, 0.6) is 0 Å². The van der Waals surface area contributed by atoms with Crippen molar-refractivity contribution in [2.45, 2.75) is 9.96 Å². The summed E-state index contributed by atoms with van der Waals surface area (Å²) in [6, 6.07) is 14.0. The summed E-state index contributed by atoms with van der Waals surface area (Å²) >= 11 is 31.3. The number of anilines is 1. The fourth-order valence-electron chi connectivity index (χ4n) is 1.90. The van der Waals surface area contributed by atoms with Crippen molar-refractivity contribution in [3.8, 4) is 0 Å². The van der Waals surface area contributed by atoms with Gasteiger partial charge in [-0.05, 0) is 65.1 Å². The molecule has 0 saturated carbocycles. The lowest BCUT2D eigenvalue weighted by Crippen LogP contribution is -2.56. The van der Waals surface area contributed by atoms with E-state index in [1.165, 1.54) is 0 Å². The molecule has 0 aromatic heterocycles. The Bertz CT molecular complexity index is 816. The lowest BCUT2D eigenvalue weighted by atomic mass is 10.2. The molecule has 10 heteroatoms. The summed E-state index contributed by atoms with van der Waals surface area (Å²) in [5.41, 5.74) is 1.02. The maximum Gasteiger partial charge on any atom is 0.253 e. The van der Waals surface area contributed by atoms with Crippen LogP contribution in [0.4, 0.5) is 5.69 Å². The lowest BCUT2D eigenvalue weighted by molar-refractivity contribution is 0.0934. The molecule has 3 N–H and O–H groups in total. The first-order valence-corrected chi connectivity index (χ1v) is 10.1. The van der Waals surface area contributed by atoms with Gasteiger partial charge in [-0.15, -0.1) is 0 Å². The van der Waals surface area contributed by atoms with Crippen molar-refractivity contribution in [1.82, 2.24) is 10.6 Å². The molecule has 26 heavy (non-hydrogen) atoms. The standard InChI is InChI=1S/C16H12Cl4IN3OS/c17-11-6-1-2-7-12(11)22-15(26)24-14(16(18,19)20)23-13(25)9-4-3-5-10(21)8-9/h1-8,14H,(H,23,25)(H2,22,24,26). The summed E-state index contributed by atoms with van der Waals surface area (Å²) in [6.45, 7) is 0. The molecule has 0 radical (unpaired) electrons. The first-order chi connectivity index (χ1) is 12.2. The molecule has 0 aliphatic heterocycles. The second-order valence-electron chi connectivity index (χ2n) is 5.04. The highest BCUT2D eigenvalue weighted by Gasteiger charge is 2.35. The lowest BCUT2D eigenvalue weighted by Gasteiger charge is -2.28. The van der Waals surface area contributed by atoms with E-state index in [4.69, 9.17) is 58.6 Å². The molecule has 2 aromatic rings. The van der Waals surface area contributed by atoms with Crippen LogP contribution >= 0.6 is 81.2 Å². The maximum atomic E-state index is 12.4. The van der Waals surface area contributed by atoms with Crippen LogP contribution < -0.4 is 16.0 Å². The van der Waals surface area contributed by atoms with E-state index in [0.29, 0.717) is 16.3 Å². The fourth-order valence-corrected chi connectivity index (χ4v) is 3.18. The number of para-hydroxylation sites is 1. The van der Waals surface area contributed by atoms with Gasteiger partial charge in [0.05, 0.1) is 10.7 Å². The van der Waals surface area contributed by atoms with Gasteiger partial charge in [0.25, 0.3) is 5.91 Å². The van der Waals surface area contributed by atoms with E-state index in [9.17, 15) is 4.79 Å². The Balaban J connectivity index is 2.09. The van der Waals surface area contributed by atoms with E-state index in [1.54, 1.807) is 42.5 Å². The predicted molar refractivity (Wildman–Crippen MR) is 122 cm³/mol. The number of benzene rings is 2. The third-order valence-corrected chi connectivity index (χ3v) is 4.96. The summed E-state index contributed by atoms with van der Waals surface area (Å²) in [6.07, 6.45) is -1.07. The molecule has 0 saturated heterocycles. The number of halogens is 5. The number of hydrogen-bond donors (Lipinski definition) is 3. The van der Waals surface area contributed by atoms with Gasteiger partial charge in [-0.2, -0.15) is 0 Å². The highest BCUT2D eigenvalue weighted by Crippen LogP contribution is 2.29. The van der Waals surface area contributed by atoms with E-state index in [0.717, 1.165) is 3.57 Å². The minimum Gasteiger partial charge on any atom is -0.339 e. The molecule has 0 bridgehead atoms. The number of thiocarbonyl (C=S) groups is 1. The number of amides is 1. The summed E-state index contributed by atoms with van der Waals surface area (Å²) in [4.78, 5) is 12.4. The molecule has 2 aromatic carbocycles. The zero-order valence-corrected chi connectivity index (χ0v) is 18.9. The van der Waals surface area contributed by atoms with Gasteiger partial charge in [-0.1, -0.05) is 64.6 Å². The topological polar surface area (TPSA) is 53.2 Å². The first kappa shape index (κ1) is 21.8. The molecule has 0 fully saturated rings. The van der Waals surface area contributed by atoms with Crippen LogP contribution in [0.3, 0.4) is 0 Å². The molecule has 138 valence electrons. The third kappa shape index (κ3) is 6.58. The van der Waals surface area contributed by atoms with Crippen LogP contribution in [0.25, 0.3) is 0 Å². The molecule has 0 heterocycles. The summed E-state index contributed by atoms with van der Waals surface area (Å²) in [5.74, 6) is -0.409. The van der Waals surface area contributed by atoms with Crippen LogP contribution in [0.2, 0.25) is 5.02 Å². The van der Waals surface area contributed by atoms with Crippen molar-refractivity contribution in [3.63, 3.8) is 0 Å². The van der Waals surface area contributed by atoms with Crippen LogP contribution in [-0.4, -0.2) is 21.0 Å². The van der Waals surface area contributed by atoms with Crippen molar-refractivity contribution < 1.29 is 4.79 Å². The van der Waals surface area contributed by atoms with Gasteiger partial charge in [0.15, 0.2) is 5.11 Å². The Morgan fingerprint density at radius 1 is 1.08 bits per heavy atom. The molecule has 4 nitrogen and oxygen atoms in total. The Hall–Kier alpha value is -0.510. The molecule has 2 rings (SSSR count). The van der Waals surface area contributed by atoms with Crippen molar-refractivity contribution >= 4 is 97.9 Å². The van der Waals surface area contributed by atoms with E-state index < -0.39 is 15.9 Å². The highest BCUT2D eigenvalue weighted by atomic mass is 127. The van der Waals surface area contributed by atoms with Gasteiger partial charge in [-0.25, -0.2) is 0 Å². The monoisotopic (exact) mass is 561 g/mol. The Morgan fingerprint density at radius 2 is 1.77 bits per heavy atom. The smallest absolute Gasteiger partial charge is 0.253 e. The minimum atomic E-state index is -1.84. The second kappa shape index (κ2) is 9.61. The second-order valence-corrected chi connectivity index (χ2v) is 9.47. The van der Waals surface area contributed by atoms with Crippen LogP contribution in [-0.2, 0) is 0 Å². The zero-order valence-electron chi connectivity index (χ0n) is 12.9. The van der Waals surface area contributed by atoms with E-state index >= 15 is 0 Å². The predicted octanol–water partition coefficient (Wildman–Crippen LogP) is 5.36. The molecule has 1 unspecified atom stereocenters. The van der Waals surface area contributed by atoms with Crippen molar-refractivity contribution in [2.24, 2.45) is 0 Å². The summed E-state index contributed by atoms with van der Waals surface area (Å²) < 4.78 is -0.936. The average molecular weight is 563 g/mol. The number of nitrogens with one attached hydrogen (secondary N) is 3. The number of alkyl halides is 3. The highest BCUT2D eigenvalue weighted by molar-refractivity contribution is 14.1. The Kier molecular flexibility index (Phi) is 8.06. The summed E-state index contributed by atoms with van der Waals surface area (Å²) in [5, 5.41) is 8.91. The molecule has 1 amide bonds. The van der Waals surface area contributed by atoms with Gasteiger partial charge in [0.1, 0.15) is 6.17 Å². The fraction of sp³-hybridized carbons (Fsp3) is 0.125. The van der Waals surface area contributed by atoms with Crippen LogP contribution in [0, 0.1) is 3.57 Å². The normalized spacial score (nSPS) is 12.2. The van der Waals surface area contributed by atoms with Crippen LogP contribution in [0.15, 0.2) is 48.5 Å². The largest absolute Gasteiger partial charge is 0.339 e. The average Bonchev–Trinajstić information content (AvgIpc) is 2.55. The number of carbonyl (C=O) groups excluding carboxylic acids is 1. The van der Waals surface area contributed by atoms with Gasteiger partial charge in [0.2, 0.25) is 3.79 Å². The molecule has 1 atom stereocenters. The van der Waals surface area contributed by atoms with E-state index in [2.05, 4.69) is 38.5 Å². The van der Waals surface area contributed by atoms with Crippen molar-refractivity contribution in [3.05, 3.63) is 62.7 Å². The minimum absolute atomic E-state index is 0.136. The van der Waals surface area contributed by atoms with E-state index in [-0.39, 0.29) is 5.11 Å².